The summed E-state index contributed by atoms with van der Waals surface area (Å²) < 4.78 is 5.63. The Kier molecular flexibility index (Phi) is 3.54. The van der Waals surface area contributed by atoms with Crippen molar-refractivity contribution < 1.29 is 9.52 Å². The van der Waals surface area contributed by atoms with Crippen molar-refractivity contribution in [3.63, 3.8) is 0 Å². The first-order chi connectivity index (χ1) is 7.97. The largest absolute Gasteiger partial charge is 0.446 e. The van der Waals surface area contributed by atoms with Crippen LogP contribution in [0, 0.1) is 6.92 Å². The Morgan fingerprint density at radius 1 is 1.47 bits per heavy atom. The zero-order valence-electron chi connectivity index (χ0n) is 10.9. The summed E-state index contributed by atoms with van der Waals surface area (Å²) in [5, 5.41) is 13.4. The van der Waals surface area contributed by atoms with Crippen molar-refractivity contribution in [2.24, 2.45) is 0 Å². The Labute approximate surface area is 102 Å². The molecule has 17 heavy (non-hydrogen) atoms. The van der Waals surface area contributed by atoms with Crippen LogP contribution in [-0.4, -0.2) is 22.7 Å². The third-order valence-electron chi connectivity index (χ3n) is 3.25. The number of oxazole rings is 1. The molecular weight excluding hydrogens is 216 g/mol. The topological polar surface area (TPSA) is 58.3 Å². The molecule has 1 aliphatic rings. The number of nitrogens with one attached hydrogen (secondary N) is 1. The number of hydrogen-bond acceptors (Lipinski definition) is 4. The van der Waals surface area contributed by atoms with Gasteiger partial charge in [-0.2, -0.15) is 0 Å². The van der Waals surface area contributed by atoms with E-state index in [1.807, 2.05) is 6.92 Å². The summed E-state index contributed by atoms with van der Waals surface area (Å²) in [6, 6.07) is 0.469. The van der Waals surface area contributed by atoms with Crippen molar-refractivity contribution in [2.75, 3.05) is 6.54 Å². The van der Waals surface area contributed by atoms with Crippen LogP contribution < -0.4 is 5.32 Å². The highest BCUT2D eigenvalue weighted by Gasteiger charge is 2.25. The minimum absolute atomic E-state index is 0.469. The van der Waals surface area contributed by atoms with E-state index in [-0.39, 0.29) is 0 Å². The molecule has 0 spiro atoms. The SMILES string of the molecule is Cc1oc(CC2CCCCN2)nc1C(C)(C)O. The van der Waals surface area contributed by atoms with Crippen LogP contribution in [0.1, 0.15) is 50.5 Å². The van der Waals surface area contributed by atoms with E-state index in [0.717, 1.165) is 24.6 Å². The van der Waals surface area contributed by atoms with Gasteiger partial charge in [-0.05, 0) is 40.2 Å². The first kappa shape index (κ1) is 12.6. The molecular formula is C13H22N2O2. The number of hydrogen-bond donors (Lipinski definition) is 2. The van der Waals surface area contributed by atoms with Crippen LogP contribution in [0.25, 0.3) is 0 Å². The van der Waals surface area contributed by atoms with Gasteiger partial charge >= 0.3 is 0 Å². The molecule has 1 atom stereocenters. The van der Waals surface area contributed by atoms with Crippen molar-refractivity contribution >= 4 is 0 Å². The van der Waals surface area contributed by atoms with E-state index in [9.17, 15) is 5.11 Å². The van der Waals surface area contributed by atoms with Gasteiger partial charge in [0.15, 0.2) is 5.89 Å². The first-order valence-corrected chi connectivity index (χ1v) is 6.39. The van der Waals surface area contributed by atoms with Crippen molar-refractivity contribution in [1.82, 2.24) is 10.3 Å². The third-order valence-corrected chi connectivity index (χ3v) is 3.25. The fraction of sp³-hybridized carbons (Fsp3) is 0.769. The van der Waals surface area contributed by atoms with Gasteiger partial charge in [0.2, 0.25) is 0 Å². The van der Waals surface area contributed by atoms with Gasteiger partial charge in [-0.25, -0.2) is 4.98 Å². The maximum atomic E-state index is 9.95. The summed E-state index contributed by atoms with van der Waals surface area (Å²) in [5.74, 6) is 1.46. The molecule has 1 saturated heterocycles. The summed E-state index contributed by atoms with van der Waals surface area (Å²) in [5.41, 5.74) is -0.269. The summed E-state index contributed by atoms with van der Waals surface area (Å²) in [6.07, 6.45) is 4.53. The molecule has 0 amide bonds. The number of piperidine rings is 1. The van der Waals surface area contributed by atoms with Crippen LogP contribution in [0.3, 0.4) is 0 Å². The van der Waals surface area contributed by atoms with E-state index in [1.165, 1.54) is 19.3 Å². The Morgan fingerprint density at radius 2 is 2.24 bits per heavy atom. The van der Waals surface area contributed by atoms with Crippen LogP contribution in [0.5, 0.6) is 0 Å². The van der Waals surface area contributed by atoms with Crippen LogP contribution in [0.4, 0.5) is 0 Å². The number of aryl methyl sites for hydroxylation is 1. The molecule has 2 heterocycles. The molecule has 0 radical (unpaired) electrons. The monoisotopic (exact) mass is 238 g/mol. The van der Waals surface area contributed by atoms with Crippen LogP contribution in [0.2, 0.25) is 0 Å². The van der Waals surface area contributed by atoms with Gasteiger partial charge in [-0.1, -0.05) is 6.42 Å². The average Bonchev–Trinajstić information content (AvgIpc) is 2.60. The molecule has 1 aromatic rings. The number of aromatic nitrogens is 1. The van der Waals surface area contributed by atoms with E-state index in [0.29, 0.717) is 11.7 Å². The highest BCUT2D eigenvalue weighted by molar-refractivity contribution is 5.15. The molecule has 1 fully saturated rings. The van der Waals surface area contributed by atoms with Crippen LogP contribution in [0.15, 0.2) is 4.42 Å². The van der Waals surface area contributed by atoms with Gasteiger partial charge in [0, 0.05) is 12.5 Å². The van der Waals surface area contributed by atoms with E-state index in [1.54, 1.807) is 13.8 Å². The molecule has 2 N–H and O–H groups in total. The lowest BCUT2D eigenvalue weighted by Gasteiger charge is -2.21. The predicted molar refractivity (Wildman–Crippen MR) is 65.8 cm³/mol. The summed E-state index contributed by atoms with van der Waals surface area (Å²) in [6.45, 7) is 6.42. The highest BCUT2D eigenvalue weighted by Crippen LogP contribution is 2.24. The molecule has 96 valence electrons. The van der Waals surface area contributed by atoms with Crippen molar-refractivity contribution in [3.05, 3.63) is 17.3 Å². The molecule has 0 saturated carbocycles. The van der Waals surface area contributed by atoms with Gasteiger partial charge in [0.25, 0.3) is 0 Å². The second-order valence-corrected chi connectivity index (χ2v) is 5.42. The summed E-state index contributed by atoms with van der Waals surface area (Å²) in [7, 11) is 0. The van der Waals surface area contributed by atoms with Crippen molar-refractivity contribution in [2.45, 2.75) is 58.1 Å². The van der Waals surface area contributed by atoms with E-state index in [4.69, 9.17) is 4.42 Å². The highest BCUT2D eigenvalue weighted by atomic mass is 16.4. The zero-order chi connectivity index (χ0) is 12.5. The Bertz CT molecular complexity index is 373. The predicted octanol–water partition coefficient (Wildman–Crippen LogP) is 1.90. The van der Waals surface area contributed by atoms with Crippen molar-refractivity contribution in [3.8, 4) is 0 Å². The lowest BCUT2D eigenvalue weighted by molar-refractivity contribution is 0.0728. The minimum Gasteiger partial charge on any atom is -0.446 e. The van der Waals surface area contributed by atoms with Gasteiger partial charge in [0.1, 0.15) is 17.1 Å². The maximum Gasteiger partial charge on any atom is 0.196 e. The quantitative estimate of drug-likeness (QED) is 0.844. The Balaban J connectivity index is 2.06. The van der Waals surface area contributed by atoms with E-state index < -0.39 is 5.60 Å². The first-order valence-electron chi connectivity index (χ1n) is 6.39. The van der Waals surface area contributed by atoms with Gasteiger partial charge in [-0.3, -0.25) is 0 Å². The van der Waals surface area contributed by atoms with E-state index in [2.05, 4.69) is 10.3 Å². The molecule has 2 rings (SSSR count). The second kappa shape index (κ2) is 4.78. The zero-order valence-corrected chi connectivity index (χ0v) is 10.9. The number of aliphatic hydroxyl groups is 1. The minimum atomic E-state index is -0.925. The second-order valence-electron chi connectivity index (χ2n) is 5.42. The number of nitrogens with zero attached hydrogens (tertiary/aromatic N) is 1. The van der Waals surface area contributed by atoms with E-state index >= 15 is 0 Å². The molecule has 0 bridgehead atoms. The standard InChI is InChI=1S/C13H22N2O2/c1-9-12(13(2,3)16)15-11(17-9)8-10-6-4-5-7-14-10/h10,14,16H,4-8H2,1-3H3. The van der Waals surface area contributed by atoms with Gasteiger partial charge in [-0.15, -0.1) is 0 Å². The van der Waals surface area contributed by atoms with Gasteiger partial charge < -0.3 is 14.8 Å². The summed E-state index contributed by atoms with van der Waals surface area (Å²) >= 11 is 0. The summed E-state index contributed by atoms with van der Waals surface area (Å²) in [4.78, 5) is 4.42. The lowest BCUT2D eigenvalue weighted by atomic mass is 10.0. The van der Waals surface area contributed by atoms with Gasteiger partial charge in [0.05, 0.1) is 0 Å². The fourth-order valence-electron chi connectivity index (χ4n) is 2.42. The molecule has 4 heteroatoms. The molecule has 1 aliphatic heterocycles. The number of rotatable bonds is 3. The van der Waals surface area contributed by atoms with Crippen LogP contribution >= 0.6 is 0 Å². The average molecular weight is 238 g/mol. The fourth-order valence-corrected chi connectivity index (χ4v) is 2.42. The van der Waals surface area contributed by atoms with Crippen molar-refractivity contribution in [1.29, 1.82) is 0 Å². The molecule has 4 nitrogen and oxygen atoms in total. The smallest absolute Gasteiger partial charge is 0.196 e. The maximum absolute atomic E-state index is 9.95. The molecule has 1 unspecified atom stereocenters. The Morgan fingerprint density at radius 3 is 2.76 bits per heavy atom. The third kappa shape index (κ3) is 3.07. The molecule has 1 aromatic heterocycles. The lowest BCUT2D eigenvalue weighted by Crippen LogP contribution is -2.35. The molecule has 0 aromatic carbocycles. The Hall–Kier alpha value is -0.870. The normalized spacial score (nSPS) is 21.8. The molecule has 0 aliphatic carbocycles. The van der Waals surface area contributed by atoms with Crippen LogP contribution in [-0.2, 0) is 12.0 Å².